The van der Waals surface area contributed by atoms with E-state index in [0.717, 1.165) is 31.2 Å². The Morgan fingerprint density at radius 1 is 1.09 bits per heavy atom. The van der Waals surface area contributed by atoms with E-state index in [2.05, 4.69) is 15.4 Å². The van der Waals surface area contributed by atoms with Crippen LogP contribution in [0.4, 0.5) is 13.2 Å². The number of rotatable bonds is 5. The molecule has 1 heterocycles. The summed E-state index contributed by atoms with van der Waals surface area (Å²) in [5.74, 6) is -3.40. The summed E-state index contributed by atoms with van der Waals surface area (Å²) in [6, 6.07) is 7.13. The average Bonchev–Trinajstić information content (AvgIpc) is 3.16. The van der Waals surface area contributed by atoms with Gasteiger partial charge in [0.25, 0.3) is 0 Å². The van der Waals surface area contributed by atoms with Gasteiger partial charge in [-0.05, 0) is 49.3 Å². The Balaban J connectivity index is 0.000000451. The molecule has 9 nitrogen and oxygen atoms in total. The van der Waals surface area contributed by atoms with Crippen LogP contribution in [-0.4, -0.2) is 63.7 Å². The lowest BCUT2D eigenvalue weighted by atomic mass is 9.84. The molecule has 2 aromatic rings. The van der Waals surface area contributed by atoms with Crippen molar-refractivity contribution in [1.82, 2.24) is 15.4 Å². The van der Waals surface area contributed by atoms with E-state index in [1.807, 2.05) is 12.1 Å². The summed E-state index contributed by atoms with van der Waals surface area (Å²) < 4.78 is 54.8. The molecule has 1 saturated carbocycles. The van der Waals surface area contributed by atoms with Gasteiger partial charge in [0.05, 0.1) is 4.90 Å². The van der Waals surface area contributed by atoms with Crippen LogP contribution in [0, 0.1) is 0 Å². The molecule has 0 aliphatic heterocycles. The van der Waals surface area contributed by atoms with Crippen molar-refractivity contribution in [2.24, 2.45) is 0 Å². The van der Waals surface area contributed by atoms with Crippen LogP contribution in [0.5, 0.6) is 0 Å². The SMILES string of the molecule is CS(=O)(=O)c1ccc([C@H]2CC[C@H](Sc3nn[nH]c3C(=O)O)CC2)cc1.O=C(O)C(F)(F)F. The van der Waals surface area contributed by atoms with Gasteiger partial charge >= 0.3 is 18.1 Å². The van der Waals surface area contributed by atoms with Crippen LogP contribution >= 0.6 is 11.8 Å². The van der Waals surface area contributed by atoms with Gasteiger partial charge in [-0.3, -0.25) is 5.10 Å². The number of aromatic amines is 1. The fraction of sp³-hybridized carbons (Fsp3) is 0.444. The van der Waals surface area contributed by atoms with Gasteiger partial charge in [0.2, 0.25) is 0 Å². The molecule has 1 fully saturated rings. The molecule has 0 atom stereocenters. The largest absolute Gasteiger partial charge is 0.490 e. The monoisotopic (exact) mass is 495 g/mol. The molecule has 3 rings (SSSR count). The van der Waals surface area contributed by atoms with Gasteiger partial charge in [-0.1, -0.05) is 29.1 Å². The first-order chi connectivity index (χ1) is 14.8. The molecule has 0 amide bonds. The first-order valence-corrected chi connectivity index (χ1v) is 12.0. The van der Waals surface area contributed by atoms with Gasteiger partial charge in [-0.25, -0.2) is 18.0 Å². The molecule has 3 N–H and O–H groups in total. The zero-order valence-corrected chi connectivity index (χ0v) is 18.3. The minimum atomic E-state index is -5.08. The Morgan fingerprint density at radius 3 is 2.06 bits per heavy atom. The zero-order chi connectivity index (χ0) is 24.1. The minimum absolute atomic E-state index is 0.0449. The highest BCUT2D eigenvalue weighted by Crippen LogP contribution is 2.40. The summed E-state index contributed by atoms with van der Waals surface area (Å²) in [5.41, 5.74) is 1.20. The fourth-order valence-electron chi connectivity index (χ4n) is 3.10. The number of aromatic carboxylic acids is 1. The lowest BCUT2D eigenvalue weighted by Gasteiger charge is -2.28. The Hall–Kier alpha value is -2.61. The van der Waals surface area contributed by atoms with Crippen LogP contribution in [0.15, 0.2) is 34.2 Å². The predicted octanol–water partition coefficient (Wildman–Crippen LogP) is 3.36. The van der Waals surface area contributed by atoms with Gasteiger partial charge in [0, 0.05) is 11.5 Å². The highest BCUT2D eigenvalue weighted by atomic mass is 32.2. The third-order valence-electron chi connectivity index (χ3n) is 4.71. The highest BCUT2D eigenvalue weighted by molar-refractivity contribution is 7.99. The van der Waals surface area contributed by atoms with E-state index < -0.39 is 28.0 Å². The number of aromatic nitrogens is 3. The van der Waals surface area contributed by atoms with Crippen molar-refractivity contribution in [3.63, 3.8) is 0 Å². The number of nitrogens with zero attached hydrogens (tertiary/aromatic N) is 2. The van der Waals surface area contributed by atoms with Gasteiger partial charge in [-0.2, -0.15) is 13.2 Å². The lowest BCUT2D eigenvalue weighted by Crippen LogP contribution is -2.21. The normalized spacial score (nSPS) is 19.0. The molecule has 1 aliphatic carbocycles. The molecule has 0 bridgehead atoms. The number of carboxylic acids is 2. The minimum Gasteiger partial charge on any atom is -0.476 e. The molecule has 1 aromatic heterocycles. The Labute approximate surface area is 185 Å². The third-order valence-corrected chi connectivity index (χ3v) is 7.15. The number of aliphatic carboxylic acids is 1. The molecule has 32 heavy (non-hydrogen) atoms. The van der Waals surface area contributed by atoms with Crippen LogP contribution in [0.2, 0.25) is 0 Å². The van der Waals surface area contributed by atoms with Crippen LogP contribution in [-0.2, 0) is 14.6 Å². The summed E-state index contributed by atoms with van der Waals surface area (Å²) in [6.45, 7) is 0. The van der Waals surface area contributed by atoms with Crippen LogP contribution in [0.3, 0.4) is 0 Å². The summed E-state index contributed by atoms with van der Waals surface area (Å²) in [7, 11) is -3.17. The molecular formula is C18H20F3N3O6S2. The Kier molecular flexibility index (Phi) is 8.29. The van der Waals surface area contributed by atoms with Gasteiger partial charge in [0.1, 0.15) is 0 Å². The number of carboxylic acid groups (broad SMARTS) is 2. The molecule has 0 unspecified atom stereocenters. The van der Waals surface area contributed by atoms with E-state index in [1.54, 1.807) is 12.1 Å². The van der Waals surface area contributed by atoms with Gasteiger partial charge in [0.15, 0.2) is 20.6 Å². The summed E-state index contributed by atoms with van der Waals surface area (Å²) in [4.78, 5) is 20.3. The van der Waals surface area contributed by atoms with E-state index in [4.69, 9.17) is 15.0 Å². The van der Waals surface area contributed by atoms with E-state index >= 15 is 0 Å². The molecular weight excluding hydrogens is 475 g/mol. The molecule has 176 valence electrons. The number of carbonyl (C=O) groups is 2. The third kappa shape index (κ3) is 7.22. The number of benzene rings is 1. The maximum absolute atomic E-state index is 11.5. The molecule has 0 spiro atoms. The maximum atomic E-state index is 11.5. The smallest absolute Gasteiger partial charge is 0.476 e. The second-order valence-corrected chi connectivity index (χ2v) is 10.3. The number of nitrogens with one attached hydrogen (secondary N) is 1. The summed E-state index contributed by atoms with van der Waals surface area (Å²) >= 11 is 1.46. The highest BCUT2D eigenvalue weighted by Gasteiger charge is 2.38. The summed E-state index contributed by atoms with van der Waals surface area (Å²) in [6.07, 6.45) is -0.00380. The second-order valence-electron chi connectivity index (χ2n) is 7.03. The number of hydrogen-bond acceptors (Lipinski definition) is 7. The van der Waals surface area contributed by atoms with Crippen molar-refractivity contribution >= 4 is 33.5 Å². The Bertz CT molecular complexity index is 1050. The van der Waals surface area contributed by atoms with Gasteiger partial charge < -0.3 is 10.2 Å². The number of H-pyrrole nitrogens is 1. The van der Waals surface area contributed by atoms with Crippen molar-refractivity contribution in [3.05, 3.63) is 35.5 Å². The Morgan fingerprint density at radius 2 is 1.62 bits per heavy atom. The number of hydrogen-bond donors (Lipinski definition) is 3. The van der Waals surface area contributed by atoms with Crippen molar-refractivity contribution < 1.29 is 41.4 Å². The lowest BCUT2D eigenvalue weighted by molar-refractivity contribution is -0.192. The van der Waals surface area contributed by atoms with Crippen LogP contribution in [0.25, 0.3) is 0 Å². The van der Waals surface area contributed by atoms with E-state index in [1.165, 1.54) is 18.0 Å². The number of sulfone groups is 1. The first-order valence-electron chi connectivity index (χ1n) is 9.20. The molecule has 0 radical (unpaired) electrons. The predicted molar refractivity (Wildman–Crippen MR) is 107 cm³/mol. The maximum Gasteiger partial charge on any atom is 0.490 e. The van der Waals surface area contributed by atoms with E-state index in [-0.39, 0.29) is 5.69 Å². The van der Waals surface area contributed by atoms with Crippen molar-refractivity contribution in [2.45, 2.75) is 52.9 Å². The molecule has 0 saturated heterocycles. The molecule has 1 aromatic carbocycles. The zero-order valence-electron chi connectivity index (χ0n) is 16.7. The van der Waals surface area contributed by atoms with E-state index in [0.29, 0.717) is 21.1 Å². The first kappa shape index (κ1) is 25.6. The van der Waals surface area contributed by atoms with Crippen molar-refractivity contribution in [3.8, 4) is 0 Å². The standard InChI is InChI=1S/C16H19N3O4S2.C2HF3O2/c1-25(22,23)13-8-4-11(5-9-13)10-2-6-12(7-3-10)24-15-14(16(20)21)17-19-18-15;3-2(4,5)1(6)7/h4-5,8-10,12H,2-3,6-7H2,1H3,(H,20,21)(H,17,18,19);(H,6,7)/t10-,12-;. The van der Waals surface area contributed by atoms with Crippen molar-refractivity contribution in [2.75, 3.05) is 6.26 Å². The molecule has 1 aliphatic rings. The quantitative estimate of drug-likeness (QED) is 0.567. The fourth-order valence-corrected chi connectivity index (χ4v) is 4.89. The van der Waals surface area contributed by atoms with Crippen molar-refractivity contribution in [1.29, 1.82) is 0 Å². The second kappa shape index (κ2) is 10.3. The van der Waals surface area contributed by atoms with Gasteiger partial charge in [-0.15, -0.1) is 5.10 Å². The summed E-state index contributed by atoms with van der Waals surface area (Å²) in [5, 5.41) is 26.8. The molecule has 14 heteroatoms. The van der Waals surface area contributed by atoms with Crippen LogP contribution < -0.4 is 0 Å². The average molecular weight is 496 g/mol. The number of thioether (sulfide) groups is 1. The number of alkyl halides is 3. The topological polar surface area (TPSA) is 150 Å². The van der Waals surface area contributed by atoms with Crippen LogP contribution in [0.1, 0.15) is 47.7 Å². The van der Waals surface area contributed by atoms with E-state index in [9.17, 15) is 26.4 Å². The number of halogens is 3.